The molecule has 0 bridgehead atoms. The van der Waals surface area contributed by atoms with Crippen molar-refractivity contribution in [3.05, 3.63) is 41.6 Å². The minimum atomic E-state index is -1.11. The van der Waals surface area contributed by atoms with Gasteiger partial charge in [0.05, 0.1) is 0 Å². The van der Waals surface area contributed by atoms with Crippen LogP contribution in [0.1, 0.15) is 37.0 Å². The first kappa shape index (κ1) is 16.7. The van der Waals surface area contributed by atoms with Crippen LogP contribution in [0.25, 0.3) is 0 Å². The average Bonchev–Trinajstić information content (AvgIpc) is 2.55. The van der Waals surface area contributed by atoms with Gasteiger partial charge < -0.3 is 15.2 Å². The number of ketones is 1. The maximum atomic E-state index is 12.6. The van der Waals surface area contributed by atoms with E-state index in [0.717, 1.165) is 0 Å². The molecule has 122 valence electrons. The Balaban J connectivity index is 2.12. The first-order valence-electron chi connectivity index (χ1n) is 7.46. The van der Waals surface area contributed by atoms with E-state index in [1.165, 1.54) is 18.3 Å². The molecule has 6 heteroatoms. The minimum absolute atomic E-state index is 0.0256. The number of benzene rings is 1. The fourth-order valence-corrected chi connectivity index (χ4v) is 2.63. The predicted octanol–water partition coefficient (Wildman–Crippen LogP) is 1.94. The third-order valence-corrected chi connectivity index (χ3v) is 4.23. The number of ether oxygens (including phenoxy) is 1. The Morgan fingerprint density at radius 1 is 1.22 bits per heavy atom. The Bertz CT molecular complexity index is 673. The van der Waals surface area contributed by atoms with E-state index in [9.17, 15) is 19.5 Å². The van der Waals surface area contributed by atoms with Gasteiger partial charge in [-0.3, -0.25) is 9.59 Å². The van der Waals surface area contributed by atoms with E-state index < -0.39 is 11.4 Å². The van der Waals surface area contributed by atoms with Gasteiger partial charge in [-0.05, 0) is 25.0 Å². The molecule has 1 aromatic rings. The number of nitrogens with one attached hydrogen (secondary N) is 1. The van der Waals surface area contributed by atoms with Gasteiger partial charge in [0.15, 0.2) is 5.78 Å². The zero-order valence-electron chi connectivity index (χ0n) is 13.1. The SMILES string of the molecule is CCC1(CC)C(=O)NC=C(COC(=O)c2ccccc2O)C1=O. The molecule has 0 aliphatic carbocycles. The summed E-state index contributed by atoms with van der Waals surface area (Å²) >= 11 is 0. The second-order valence-electron chi connectivity index (χ2n) is 5.35. The van der Waals surface area contributed by atoms with Crippen LogP contribution in [0.15, 0.2) is 36.0 Å². The molecule has 0 saturated heterocycles. The molecular weight excluding hydrogens is 298 g/mol. The van der Waals surface area contributed by atoms with E-state index in [0.29, 0.717) is 12.8 Å². The molecule has 0 aromatic heterocycles. The minimum Gasteiger partial charge on any atom is -0.507 e. The van der Waals surface area contributed by atoms with Crippen LogP contribution in [0.5, 0.6) is 5.75 Å². The summed E-state index contributed by atoms with van der Waals surface area (Å²) in [6.07, 6.45) is 2.03. The summed E-state index contributed by atoms with van der Waals surface area (Å²) in [6.45, 7) is 3.30. The van der Waals surface area contributed by atoms with Gasteiger partial charge in [0.2, 0.25) is 5.91 Å². The smallest absolute Gasteiger partial charge is 0.342 e. The number of carbonyl (C=O) groups excluding carboxylic acids is 3. The third kappa shape index (κ3) is 2.97. The van der Waals surface area contributed by atoms with Gasteiger partial charge in [-0.1, -0.05) is 26.0 Å². The van der Waals surface area contributed by atoms with Gasteiger partial charge in [0, 0.05) is 11.8 Å². The van der Waals surface area contributed by atoms with Crippen LogP contribution >= 0.6 is 0 Å². The standard InChI is InChI=1S/C17H19NO5/c1-3-17(4-2)14(20)11(9-18-16(17)22)10-23-15(21)12-7-5-6-8-13(12)19/h5-9,19H,3-4,10H2,1-2H3,(H,18,22). The van der Waals surface area contributed by atoms with Crippen molar-refractivity contribution in [1.29, 1.82) is 0 Å². The average molecular weight is 317 g/mol. The molecule has 0 fully saturated rings. The van der Waals surface area contributed by atoms with Crippen molar-refractivity contribution in [2.45, 2.75) is 26.7 Å². The number of carbonyl (C=O) groups is 3. The first-order valence-corrected chi connectivity index (χ1v) is 7.46. The van der Waals surface area contributed by atoms with E-state index in [1.807, 2.05) is 0 Å². The van der Waals surface area contributed by atoms with Crippen LogP contribution in [-0.4, -0.2) is 29.4 Å². The number of para-hydroxylation sites is 1. The summed E-state index contributed by atoms with van der Waals surface area (Å²) in [5, 5.41) is 12.2. The highest BCUT2D eigenvalue weighted by atomic mass is 16.5. The molecule has 1 heterocycles. The molecule has 1 amide bonds. The Hall–Kier alpha value is -2.63. The Morgan fingerprint density at radius 3 is 2.48 bits per heavy atom. The van der Waals surface area contributed by atoms with Crippen molar-refractivity contribution in [3.8, 4) is 5.75 Å². The lowest BCUT2D eigenvalue weighted by atomic mass is 9.73. The van der Waals surface area contributed by atoms with Crippen LogP contribution in [0, 0.1) is 5.41 Å². The van der Waals surface area contributed by atoms with E-state index in [-0.39, 0.29) is 35.2 Å². The number of hydrogen-bond donors (Lipinski definition) is 2. The molecular formula is C17H19NO5. The largest absolute Gasteiger partial charge is 0.507 e. The maximum absolute atomic E-state index is 12.6. The molecule has 0 saturated carbocycles. The summed E-state index contributed by atoms with van der Waals surface area (Å²) in [5.41, 5.74) is -0.847. The summed E-state index contributed by atoms with van der Waals surface area (Å²) in [5.74, 6) is -1.57. The van der Waals surface area contributed by atoms with Gasteiger partial charge in [-0.15, -0.1) is 0 Å². The molecule has 0 radical (unpaired) electrons. The molecule has 2 N–H and O–H groups in total. The maximum Gasteiger partial charge on any atom is 0.342 e. The van der Waals surface area contributed by atoms with Crippen LogP contribution in [0.2, 0.25) is 0 Å². The fraction of sp³-hybridized carbons (Fsp3) is 0.353. The normalized spacial score (nSPS) is 16.5. The molecule has 1 aliphatic heterocycles. The number of Topliss-reactive ketones (excluding diaryl/α,β-unsaturated/α-hetero) is 1. The van der Waals surface area contributed by atoms with Crippen molar-refractivity contribution in [2.24, 2.45) is 5.41 Å². The third-order valence-electron chi connectivity index (χ3n) is 4.23. The van der Waals surface area contributed by atoms with Gasteiger partial charge >= 0.3 is 5.97 Å². The van der Waals surface area contributed by atoms with Crippen molar-refractivity contribution in [3.63, 3.8) is 0 Å². The number of phenolic OH excluding ortho intramolecular Hbond substituents is 1. The number of phenols is 1. The number of amides is 1. The van der Waals surface area contributed by atoms with E-state index in [2.05, 4.69) is 5.32 Å². The Morgan fingerprint density at radius 2 is 1.87 bits per heavy atom. The van der Waals surface area contributed by atoms with Gasteiger partial charge in [0.25, 0.3) is 0 Å². The monoisotopic (exact) mass is 317 g/mol. The molecule has 2 rings (SSSR count). The zero-order chi connectivity index (χ0) is 17.0. The summed E-state index contributed by atoms with van der Waals surface area (Å²) in [6, 6.07) is 5.99. The lowest BCUT2D eigenvalue weighted by Gasteiger charge is -2.32. The number of esters is 1. The molecule has 23 heavy (non-hydrogen) atoms. The molecule has 0 spiro atoms. The van der Waals surface area contributed by atoms with Gasteiger partial charge in [-0.2, -0.15) is 0 Å². The Kier molecular flexibility index (Phi) is 4.83. The van der Waals surface area contributed by atoms with Crippen molar-refractivity contribution in [2.75, 3.05) is 6.61 Å². The molecule has 0 unspecified atom stereocenters. The number of hydrogen-bond acceptors (Lipinski definition) is 5. The van der Waals surface area contributed by atoms with Gasteiger partial charge in [0.1, 0.15) is 23.3 Å². The lowest BCUT2D eigenvalue weighted by Crippen LogP contribution is -2.49. The van der Waals surface area contributed by atoms with E-state index in [4.69, 9.17) is 4.74 Å². The predicted molar refractivity (Wildman–Crippen MR) is 82.6 cm³/mol. The second-order valence-corrected chi connectivity index (χ2v) is 5.35. The van der Waals surface area contributed by atoms with Crippen molar-refractivity contribution >= 4 is 17.7 Å². The highest BCUT2D eigenvalue weighted by Crippen LogP contribution is 2.33. The van der Waals surface area contributed by atoms with Crippen LogP contribution < -0.4 is 5.32 Å². The van der Waals surface area contributed by atoms with E-state index >= 15 is 0 Å². The van der Waals surface area contributed by atoms with E-state index in [1.54, 1.807) is 26.0 Å². The Labute approximate surface area is 134 Å². The van der Waals surface area contributed by atoms with Crippen molar-refractivity contribution in [1.82, 2.24) is 5.32 Å². The fourth-order valence-electron chi connectivity index (χ4n) is 2.63. The summed E-state index contributed by atoms with van der Waals surface area (Å²) < 4.78 is 5.10. The molecule has 0 atom stereocenters. The highest BCUT2D eigenvalue weighted by molar-refractivity contribution is 6.16. The second kappa shape index (κ2) is 6.64. The first-order chi connectivity index (χ1) is 11.0. The number of aromatic hydroxyl groups is 1. The molecule has 1 aromatic carbocycles. The van der Waals surface area contributed by atoms with Crippen LogP contribution in [0.3, 0.4) is 0 Å². The topological polar surface area (TPSA) is 92.7 Å². The van der Waals surface area contributed by atoms with Crippen LogP contribution in [0.4, 0.5) is 0 Å². The highest BCUT2D eigenvalue weighted by Gasteiger charge is 2.46. The zero-order valence-corrected chi connectivity index (χ0v) is 13.1. The summed E-state index contributed by atoms with van der Waals surface area (Å²) in [7, 11) is 0. The quantitative estimate of drug-likeness (QED) is 0.639. The summed E-state index contributed by atoms with van der Waals surface area (Å²) in [4.78, 5) is 36.6. The lowest BCUT2D eigenvalue weighted by molar-refractivity contribution is -0.141. The molecule has 1 aliphatic rings. The molecule has 6 nitrogen and oxygen atoms in total. The van der Waals surface area contributed by atoms with Gasteiger partial charge in [-0.25, -0.2) is 4.79 Å². The van der Waals surface area contributed by atoms with Crippen molar-refractivity contribution < 1.29 is 24.2 Å². The number of rotatable bonds is 5. The van der Waals surface area contributed by atoms with Crippen LogP contribution in [-0.2, 0) is 14.3 Å².